The average molecular weight is 312 g/mol. The van der Waals surface area contributed by atoms with Crippen molar-refractivity contribution in [2.24, 2.45) is 0 Å². The van der Waals surface area contributed by atoms with E-state index in [1.165, 1.54) is 0 Å². The fourth-order valence-electron chi connectivity index (χ4n) is 2.14. The van der Waals surface area contributed by atoms with Crippen molar-refractivity contribution in [1.82, 2.24) is 5.32 Å². The quantitative estimate of drug-likeness (QED) is 0.817. The molecule has 2 rings (SSSR count). The Balaban J connectivity index is 2.00. The van der Waals surface area contributed by atoms with Crippen LogP contribution in [0.5, 0.6) is 5.75 Å². The number of hydrogen-bond donors (Lipinski definition) is 2. The summed E-state index contributed by atoms with van der Waals surface area (Å²) < 4.78 is 5.10. The van der Waals surface area contributed by atoms with E-state index in [2.05, 4.69) is 30.5 Å². The molecule has 2 N–H and O–H groups in total. The minimum atomic E-state index is -0.125. The Labute approximate surface area is 137 Å². The van der Waals surface area contributed by atoms with E-state index < -0.39 is 0 Å². The van der Waals surface area contributed by atoms with Crippen molar-refractivity contribution in [3.63, 3.8) is 0 Å². The van der Waals surface area contributed by atoms with E-state index in [0.29, 0.717) is 11.6 Å². The van der Waals surface area contributed by atoms with Crippen molar-refractivity contribution < 1.29 is 9.53 Å². The van der Waals surface area contributed by atoms with E-state index in [-0.39, 0.29) is 5.91 Å². The number of carbonyl (C=O) groups excluding carboxylic acids is 1. The maximum atomic E-state index is 12.3. The first kappa shape index (κ1) is 17.0. The SMILES string of the molecule is CCC(C)NCc1cccc(NC(=O)c2ccc(OC)cc2)c1. The number of ether oxygens (including phenoxy) is 1. The number of hydrogen-bond acceptors (Lipinski definition) is 3. The number of rotatable bonds is 7. The Hall–Kier alpha value is -2.33. The van der Waals surface area contributed by atoms with E-state index in [0.717, 1.165) is 30.0 Å². The molecule has 0 bridgehead atoms. The van der Waals surface area contributed by atoms with E-state index >= 15 is 0 Å². The highest BCUT2D eigenvalue weighted by Crippen LogP contribution is 2.15. The number of methoxy groups -OCH3 is 1. The van der Waals surface area contributed by atoms with Crippen molar-refractivity contribution in [2.45, 2.75) is 32.9 Å². The molecule has 23 heavy (non-hydrogen) atoms. The first-order valence-electron chi connectivity index (χ1n) is 7.90. The summed E-state index contributed by atoms with van der Waals surface area (Å²) >= 11 is 0. The van der Waals surface area contributed by atoms with Gasteiger partial charge in [0.05, 0.1) is 7.11 Å². The molecule has 0 spiro atoms. The van der Waals surface area contributed by atoms with E-state index in [9.17, 15) is 4.79 Å². The summed E-state index contributed by atoms with van der Waals surface area (Å²) in [5.41, 5.74) is 2.56. The summed E-state index contributed by atoms with van der Waals surface area (Å²) in [6.07, 6.45) is 1.09. The van der Waals surface area contributed by atoms with E-state index in [4.69, 9.17) is 4.74 Å². The summed E-state index contributed by atoms with van der Waals surface area (Å²) in [5.74, 6) is 0.611. The van der Waals surface area contributed by atoms with Crippen LogP contribution in [0.25, 0.3) is 0 Å². The van der Waals surface area contributed by atoms with Crippen LogP contribution in [-0.2, 0) is 6.54 Å². The molecule has 4 heteroatoms. The van der Waals surface area contributed by atoms with Gasteiger partial charge in [0.25, 0.3) is 5.91 Å². The normalized spacial score (nSPS) is 11.8. The second-order valence-corrected chi connectivity index (χ2v) is 5.57. The third-order valence-corrected chi connectivity index (χ3v) is 3.80. The summed E-state index contributed by atoms with van der Waals surface area (Å²) in [6.45, 7) is 5.11. The molecule has 0 saturated heterocycles. The van der Waals surface area contributed by atoms with Crippen LogP contribution < -0.4 is 15.4 Å². The van der Waals surface area contributed by atoms with Gasteiger partial charge in [-0.3, -0.25) is 4.79 Å². The molecule has 0 heterocycles. The Morgan fingerprint density at radius 1 is 1.17 bits per heavy atom. The zero-order chi connectivity index (χ0) is 16.7. The molecule has 1 unspecified atom stereocenters. The van der Waals surface area contributed by atoms with Crippen molar-refractivity contribution in [3.8, 4) is 5.75 Å². The highest BCUT2D eigenvalue weighted by atomic mass is 16.5. The number of anilines is 1. The third-order valence-electron chi connectivity index (χ3n) is 3.80. The van der Waals surface area contributed by atoms with Crippen molar-refractivity contribution in [2.75, 3.05) is 12.4 Å². The molecule has 0 fully saturated rings. The summed E-state index contributed by atoms with van der Waals surface area (Å²) in [5, 5.41) is 6.38. The molecule has 1 amide bonds. The van der Waals surface area contributed by atoms with Gasteiger partial charge in [-0.25, -0.2) is 0 Å². The molecular weight excluding hydrogens is 288 g/mol. The highest BCUT2D eigenvalue weighted by Gasteiger charge is 2.07. The highest BCUT2D eigenvalue weighted by molar-refractivity contribution is 6.04. The fourth-order valence-corrected chi connectivity index (χ4v) is 2.14. The van der Waals surface area contributed by atoms with E-state index in [1.54, 1.807) is 31.4 Å². The second-order valence-electron chi connectivity index (χ2n) is 5.57. The van der Waals surface area contributed by atoms with Crippen LogP contribution in [0.1, 0.15) is 36.2 Å². The molecule has 4 nitrogen and oxygen atoms in total. The van der Waals surface area contributed by atoms with Crippen LogP contribution in [0.3, 0.4) is 0 Å². The minimum Gasteiger partial charge on any atom is -0.497 e. The molecule has 122 valence electrons. The monoisotopic (exact) mass is 312 g/mol. The topological polar surface area (TPSA) is 50.4 Å². The van der Waals surface area contributed by atoms with Crippen molar-refractivity contribution in [3.05, 3.63) is 59.7 Å². The first-order valence-corrected chi connectivity index (χ1v) is 7.90. The molecule has 1 atom stereocenters. The van der Waals surface area contributed by atoms with Crippen LogP contribution in [-0.4, -0.2) is 19.1 Å². The average Bonchev–Trinajstić information content (AvgIpc) is 2.60. The Bertz CT molecular complexity index is 638. The van der Waals surface area contributed by atoms with Gasteiger partial charge < -0.3 is 15.4 Å². The molecule has 0 aromatic heterocycles. The molecule has 0 aliphatic rings. The predicted octanol–water partition coefficient (Wildman–Crippen LogP) is 3.84. The predicted molar refractivity (Wildman–Crippen MR) is 94.0 cm³/mol. The molecule has 0 radical (unpaired) electrons. The van der Waals surface area contributed by atoms with Crippen LogP contribution in [0, 0.1) is 0 Å². The molecule has 0 saturated carbocycles. The summed E-state index contributed by atoms with van der Waals surface area (Å²) in [7, 11) is 1.61. The number of benzene rings is 2. The van der Waals surface area contributed by atoms with Crippen molar-refractivity contribution in [1.29, 1.82) is 0 Å². The van der Waals surface area contributed by atoms with Gasteiger partial charge in [-0.2, -0.15) is 0 Å². The van der Waals surface area contributed by atoms with Gasteiger partial charge in [0.1, 0.15) is 5.75 Å². The first-order chi connectivity index (χ1) is 11.1. The van der Waals surface area contributed by atoms with Gasteiger partial charge >= 0.3 is 0 Å². The second kappa shape index (κ2) is 8.34. The van der Waals surface area contributed by atoms with Crippen LogP contribution in [0.4, 0.5) is 5.69 Å². The molecule has 2 aromatic rings. The lowest BCUT2D eigenvalue weighted by molar-refractivity contribution is 0.102. The summed E-state index contributed by atoms with van der Waals surface area (Å²) in [6, 6.07) is 15.4. The number of carbonyl (C=O) groups is 1. The smallest absolute Gasteiger partial charge is 0.255 e. The van der Waals surface area contributed by atoms with Crippen molar-refractivity contribution >= 4 is 11.6 Å². The maximum absolute atomic E-state index is 12.3. The molecule has 0 aliphatic carbocycles. The zero-order valence-electron chi connectivity index (χ0n) is 13.9. The van der Waals surface area contributed by atoms with Gasteiger partial charge in [0.15, 0.2) is 0 Å². The maximum Gasteiger partial charge on any atom is 0.255 e. The number of nitrogens with one attached hydrogen (secondary N) is 2. The van der Waals surface area contributed by atoms with Gasteiger partial charge in [-0.15, -0.1) is 0 Å². The van der Waals surface area contributed by atoms with Gasteiger partial charge in [-0.1, -0.05) is 19.1 Å². The van der Waals surface area contributed by atoms with Crippen LogP contribution >= 0.6 is 0 Å². The lowest BCUT2D eigenvalue weighted by atomic mass is 10.1. The lowest BCUT2D eigenvalue weighted by Crippen LogP contribution is -2.24. The van der Waals surface area contributed by atoms with Gasteiger partial charge in [0, 0.05) is 23.8 Å². The summed E-state index contributed by atoms with van der Waals surface area (Å²) in [4.78, 5) is 12.3. The number of amides is 1. The standard InChI is InChI=1S/C19H24N2O2/c1-4-14(2)20-13-15-6-5-7-17(12-15)21-19(22)16-8-10-18(23-3)11-9-16/h5-12,14,20H,4,13H2,1-3H3,(H,21,22). The Kier molecular flexibility index (Phi) is 6.18. The van der Waals surface area contributed by atoms with Crippen LogP contribution in [0.15, 0.2) is 48.5 Å². The molecule has 0 aliphatic heterocycles. The van der Waals surface area contributed by atoms with Gasteiger partial charge in [0.2, 0.25) is 0 Å². The zero-order valence-corrected chi connectivity index (χ0v) is 13.9. The Morgan fingerprint density at radius 2 is 1.91 bits per heavy atom. The largest absolute Gasteiger partial charge is 0.497 e. The van der Waals surface area contributed by atoms with Crippen LogP contribution in [0.2, 0.25) is 0 Å². The van der Waals surface area contributed by atoms with Gasteiger partial charge in [-0.05, 0) is 55.3 Å². The molecule has 2 aromatic carbocycles. The molecular formula is C19H24N2O2. The third kappa shape index (κ3) is 5.11. The Morgan fingerprint density at radius 3 is 2.57 bits per heavy atom. The minimum absolute atomic E-state index is 0.125. The van der Waals surface area contributed by atoms with E-state index in [1.807, 2.05) is 18.2 Å². The lowest BCUT2D eigenvalue weighted by Gasteiger charge is -2.12. The fraction of sp³-hybridized carbons (Fsp3) is 0.316.